The number of para-hydroxylation sites is 1. The molecule has 0 aliphatic carbocycles. The Kier molecular flexibility index (Phi) is 6.13. The summed E-state index contributed by atoms with van der Waals surface area (Å²) >= 11 is 6.07. The van der Waals surface area contributed by atoms with Gasteiger partial charge in [-0.1, -0.05) is 23.7 Å². The zero-order valence-electron chi connectivity index (χ0n) is 17.2. The van der Waals surface area contributed by atoms with Crippen LogP contribution in [0.2, 0.25) is 5.02 Å². The van der Waals surface area contributed by atoms with Crippen LogP contribution in [0.3, 0.4) is 0 Å². The minimum Gasteiger partial charge on any atom is -0.484 e. The van der Waals surface area contributed by atoms with Crippen LogP contribution < -0.4 is 14.4 Å². The molecule has 31 heavy (non-hydrogen) atoms. The Hall–Kier alpha value is -3.06. The van der Waals surface area contributed by atoms with Gasteiger partial charge >= 0.3 is 0 Å². The number of likely N-dealkylation sites (tertiary alicyclic amines) is 1. The lowest BCUT2D eigenvalue weighted by atomic mass is 10.1. The number of anilines is 1. The first kappa shape index (κ1) is 21.2. The highest BCUT2D eigenvalue weighted by Gasteiger charge is 2.36. The van der Waals surface area contributed by atoms with E-state index in [-0.39, 0.29) is 30.8 Å². The number of halogens is 1. The number of carbonyl (C=O) groups excluding carboxylic acids is 3. The van der Waals surface area contributed by atoms with Crippen LogP contribution in [0, 0.1) is 0 Å². The first-order chi connectivity index (χ1) is 15.0. The standard InChI is InChI=1S/C23H23ClN2O5/c1-15(23(29)25-10-4-5-11-25)26-18-12-16(8-9-21(18)31-14-22(26)28)19(27)13-30-20-7-3-2-6-17(20)24/h2-3,6-9,12,15H,4-5,10-11,13-14H2,1H3. The average molecular weight is 443 g/mol. The Labute approximate surface area is 185 Å². The van der Waals surface area contributed by atoms with Crippen LogP contribution >= 0.6 is 11.6 Å². The first-order valence-electron chi connectivity index (χ1n) is 10.2. The number of Topliss-reactive ketones (excluding diaryl/α,β-unsaturated/α-hetero) is 1. The van der Waals surface area contributed by atoms with E-state index >= 15 is 0 Å². The second-order valence-electron chi connectivity index (χ2n) is 7.59. The Morgan fingerprint density at radius 3 is 2.65 bits per heavy atom. The van der Waals surface area contributed by atoms with Crippen molar-refractivity contribution in [2.75, 3.05) is 31.2 Å². The molecule has 2 aliphatic rings. The molecule has 162 valence electrons. The number of hydrogen-bond donors (Lipinski definition) is 0. The minimum absolute atomic E-state index is 0.0996. The van der Waals surface area contributed by atoms with Gasteiger partial charge in [0.1, 0.15) is 17.5 Å². The third kappa shape index (κ3) is 4.37. The topological polar surface area (TPSA) is 76.2 Å². The number of fused-ring (bicyclic) bond motifs is 1. The van der Waals surface area contributed by atoms with Crippen LogP contribution in [-0.2, 0) is 9.59 Å². The van der Waals surface area contributed by atoms with Gasteiger partial charge in [-0.25, -0.2) is 0 Å². The SMILES string of the molecule is CC(C(=O)N1CCCC1)N1C(=O)COc2ccc(C(=O)COc3ccccc3Cl)cc21. The largest absolute Gasteiger partial charge is 0.484 e. The molecule has 8 heteroatoms. The molecule has 1 saturated heterocycles. The Morgan fingerprint density at radius 1 is 1.16 bits per heavy atom. The van der Waals surface area contributed by atoms with E-state index in [1.807, 2.05) is 0 Å². The quantitative estimate of drug-likeness (QED) is 0.641. The Bertz CT molecular complexity index is 1020. The molecular weight excluding hydrogens is 420 g/mol. The molecule has 0 spiro atoms. The second-order valence-corrected chi connectivity index (χ2v) is 7.99. The van der Waals surface area contributed by atoms with Crippen LogP contribution in [-0.4, -0.2) is 54.8 Å². The van der Waals surface area contributed by atoms with Gasteiger partial charge in [0, 0.05) is 18.7 Å². The monoisotopic (exact) mass is 442 g/mol. The van der Waals surface area contributed by atoms with Gasteiger partial charge in [-0.05, 0) is 50.1 Å². The van der Waals surface area contributed by atoms with Gasteiger partial charge in [-0.3, -0.25) is 19.3 Å². The van der Waals surface area contributed by atoms with Crippen molar-refractivity contribution < 1.29 is 23.9 Å². The van der Waals surface area contributed by atoms with Crippen LogP contribution in [0.1, 0.15) is 30.1 Å². The molecule has 0 N–H and O–H groups in total. The van der Waals surface area contributed by atoms with Crippen molar-refractivity contribution in [2.24, 2.45) is 0 Å². The molecule has 0 saturated carbocycles. The third-order valence-corrected chi connectivity index (χ3v) is 5.83. The van der Waals surface area contributed by atoms with Gasteiger partial charge in [0.15, 0.2) is 19.0 Å². The molecule has 1 unspecified atom stereocenters. The highest BCUT2D eigenvalue weighted by atomic mass is 35.5. The van der Waals surface area contributed by atoms with Crippen molar-refractivity contribution in [3.8, 4) is 11.5 Å². The van der Waals surface area contributed by atoms with E-state index in [2.05, 4.69) is 0 Å². The smallest absolute Gasteiger partial charge is 0.265 e. The lowest BCUT2D eigenvalue weighted by molar-refractivity contribution is -0.133. The van der Waals surface area contributed by atoms with E-state index in [4.69, 9.17) is 21.1 Å². The number of ketones is 1. The molecule has 2 amide bonds. The van der Waals surface area contributed by atoms with E-state index in [1.54, 1.807) is 54.3 Å². The lowest BCUT2D eigenvalue weighted by Crippen LogP contribution is -2.52. The van der Waals surface area contributed by atoms with E-state index in [0.717, 1.165) is 12.8 Å². The predicted octanol–water partition coefficient (Wildman–Crippen LogP) is 3.34. The first-order valence-corrected chi connectivity index (χ1v) is 10.6. The molecule has 1 atom stereocenters. The van der Waals surface area contributed by atoms with Gasteiger partial charge < -0.3 is 14.4 Å². The molecule has 2 heterocycles. The zero-order chi connectivity index (χ0) is 22.0. The lowest BCUT2D eigenvalue weighted by Gasteiger charge is -2.35. The molecule has 2 aromatic rings. The van der Waals surface area contributed by atoms with Crippen LogP contribution in [0.25, 0.3) is 0 Å². The molecular formula is C23H23ClN2O5. The summed E-state index contributed by atoms with van der Waals surface area (Å²) in [5.74, 6) is 0.186. The zero-order valence-corrected chi connectivity index (χ0v) is 17.9. The van der Waals surface area contributed by atoms with E-state index < -0.39 is 6.04 Å². The number of ether oxygens (including phenoxy) is 2. The maximum Gasteiger partial charge on any atom is 0.265 e. The van der Waals surface area contributed by atoms with Crippen LogP contribution in [0.15, 0.2) is 42.5 Å². The summed E-state index contributed by atoms with van der Waals surface area (Å²) < 4.78 is 11.1. The van der Waals surface area contributed by atoms with Crippen molar-refractivity contribution in [1.29, 1.82) is 0 Å². The summed E-state index contributed by atoms with van der Waals surface area (Å²) in [5.41, 5.74) is 0.773. The molecule has 1 fully saturated rings. The van der Waals surface area contributed by atoms with Gasteiger partial charge in [0.2, 0.25) is 5.91 Å². The van der Waals surface area contributed by atoms with E-state index in [1.165, 1.54) is 4.90 Å². The maximum atomic E-state index is 12.9. The van der Waals surface area contributed by atoms with Crippen molar-refractivity contribution in [3.63, 3.8) is 0 Å². The second kappa shape index (κ2) is 8.98. The summed E-state index contributed by atoms with van der Waals surface area (Å²) in [6, 6.07) is 11.1. The van der Waals surface area contributed by atoms with E-state index in [9.17, 15) is 14.4 Å². The van der Waals surface area contributed by atoms with Gasteiger partial charge in [0.25, 0.3) is 5.91 Å². The summed E-state index contributed by atoms with van der Waals surface area (Å²) in [7, 11) is 0. The number of amides is 2. The molecule has 0 bridgehead atoms. The summed E-state index contributed by atoms with van der Waals surface area (Å²) in [4.78, 5) is 41.5. The number of benzene rings is 2. The number of carbonyl (C=O) groups is 3. The third-order valence-electron chi connectivity index (χ3n) is 5.52. The normalized spacial score (nSPS) is 16.5. The Morgan fingerprint density at radius 2 is 1.90 bits per heavy atom. The highest BCUT2D eigenvalue weighted by molar-refractivity contribution is 6.32. The van der Waals surface area contributed by atoms with Crippen molar-refractivity contribution in [3.05, 3.63) is 53.1 Å². The predicted molar refractivity (Wildman–Crippen MR) is 116 cm³/mol. The number of hydrogen-bond acceptors (Lipinski definition) is 5. The maximum absolute atomic E-state index is 12.9. The molecule has 0 aromatic heterocycles. The van der Waals surface area contributed by atoms with Gasteiger partial charge in [-0.15, -0.1) is 0 Å². The molecule has 7 nitrogen and oxygen atoms in total. The van der Waals surface area contributed by atoms with Crippen molar-refractivity contribution in [2.45, 2.75) is 25.8 Å². The average Bonchev–Trinajstić information content (AvgIpc) is 3.32. The molecule has 2 aromatic carbocycles. The molecule has 4 rings (SSSR count). The Balaban J connectivity index is 1.55. The summed E-state index contributed by atoms with van der Waals surface area (Å²) in [6.07, 6.45) is 1.94. The minimum atomic E-state index is -0.682. The van der Waals surface area contributed by atoms with Crippen molar-refractivity contribution >= 4 is 34.9 Å². The van der Waals surface area contributed by atoms with Crippen molar-refractivity contribution in [1.82, 2.24) is 4.90 Å². The molecule has 2 aliphatic heterocycles. The van der Waals surface area contributed by atoms with Crippen LogP contribution in [0.5, 0.6) is 11.5 Å². The number of rotatable bonds is 6. The highest BCUT2D eigenvalue weighted by Crippen LogP contribution is 2.35. The summed E-state index contributed by atoms with van der Waals surface area (Å²) in [5, 5.41) is 0.417. The molecule has 0 radical (unpaired) electrons. The van der Waals surface area contributed by atoms with E-state index in [0.29, 0.717) is 40.9 Å². The fraction of sp³-hybridized carbons (Fsp3) is 0.348. The fourth-order valence-corrected chi connectivity index (χ4v) is 4.06. The number of nitrogens with zero attached hydrogens (tertiary/aromatic N) is 2. The van der Waals surface area contributed by atoms with Gasteiger partial charge in [-0.2, -0.15) is 0 Å². The van der Waals surface area contributed by atoms with Gasteiger partial charge in [0.05, 0.1) is 10.7 Å². The summed E-state index contributed by atoms with van der Waals surface area (Å²) in [6.45, 7) is 2.76. The fourth-order valence-electron chi connectivity index (χ4n) is 3.87. The van der Waals surface area contributed by atoms with Crippen LogP contribution in [0.4, 0.5) is 5.69 Å².